The van der Waals surface area contributed by atoms with Gasteiger partial charge in [0.15, 0.2) is 5.69 Å². The molecular formula is C12H23N5O2. The Balaban J connectivity index is 2.85. The molecule has 1 aromatic rings. The van der Waals surface area contributed by atoms with E-state index in [9.17, 15) is 4.79 Å². The monoisotopic (exact) mass is 269 g/mol. The van der Waals surface area contributed by atoms with Gasteiger partial charge in [-0.15, -0.1) is 5.10 Å². The second-order valence-corrected chi connectivity index (χ2v) is 4.35. The summed E-state index contributed by atoms with van der Waals surface area (Å²) >= 11 is 0. The number of nitrogens with zero attached hydrogens (tertiary/aromatic N) is 4. The van der Waals surface area contributed by atoms with Gasteiger partial charge in [-0.2, -0.15) is 0 Å². The van der Waals surface area contributed by atoms with Gasteiger partial charge in [0.05, 0.1) is 19.3 Å². The Hall–Kier alpha value is -1.47. The van der Waals surface area contributed by atoms with Crippen molar-refractivity contribution in [3.63, 3.8) is 0 Å². The molecule has 0 spiro atoms. The van der Waals surface area contributed by atoms with Gasteiger partial charge in [0, 0.05) is 19.1 Å². The molecule has 3 N–H and O–H groups in total. The second-order valence-electron chi connectivity index (χ2n) is 4.35. The van der Waals surface area contributed by atoms with Crippen molar-refractivity contribution in [1.29, 1.82) is 0 Å². The zero-order valence-corrected chi connectivity index (χ0v) is 11.6. The van der Waals surface area contributed by atoms with Gasteiger partial charge in [-0.1, -0.05) is 19.1 Å². The Morgan fingerprint density at radius 2 is 2.21 bits per heavy atom. The second kappa shape index (κ2) is 7.85. The Morgan fingerprint density at radius 3 is 2.74 bits per heavy atom. The molecular weight excluding hydrogens is 246 g/mol. The molecule has 0 fully saturated rings. The predicted molar refractivity (Wildman–Crippen MR) is 71.6 cm³/mol. The highest BCUT2D eigenvalue weighted by Crippen LogP contribution is 2.12. The van der Waals surface area contributed by atoms with Crippen LogP contribution in [-0.4, -0.2) is 56.6 Å². The first kappa shape index (κ1) is 15.6. The van der Waals surface area contributed by atoms with Crippen LogP contribution >= 0.6 is 0 Å². The van der Waals surface area contributed by atoms with Crippen LogP contribution in [0, 0.1) is 0 Å². The molecule has 1 aromatic heterocycles. The van der Waals surface area contributed by atoms with Crippen molar-refractivity contribution in [1.82, 2.24) is 19.9 Å². The van der Waals surface area contributed by atoms with Crippen LogP contribution in [0.1, 0.15) is 37.2 Å². The molecule has 0 aliphatic carbocycles. The van der Waals surface area contributed by atoms with Gasteiger partial charge in [-0.3, -0.25) is 9.48 Å². The number of aromatic nitrogens is 3. The summed E-state index contributed by atoms with van der Waals surface area (Å²) < 4.78 is 1.55. The molecule has 0 unspecified atom stereocenters. The molecule has 1 rings (SSSR count). The minimum atomic E-state index is -0.189. The molecule has 1 amide bonds. The summed E-state index contributed by atoms with van der Waals surface area (Å²) in [5, 5.41) is 16.8. The summed E-state index contributed by atoms with van der Waals surface area (Å²) in [4.78, 5) is 14.0. The first-order valence-electron chi connectivity index (χ1n) is 6.69. The normalized spacial score (nSPS) is 11.0. The van der Waals surface area contributed by atoms with Crippen LogP contribution in [-0.2, 0) is 6.54 Å². The van der Waals surface area contributed by atoms with Gasteiger partial charge in [0.25, 0.3) is 5.91 Å². The molecule has 0 radical (unpaired) electrons. The summed E-state index contributed by atoms with van der Waals surface area (Å²) in [5.74, 6) is -0.189. The maximum absolute atomic E-state index is 12.4. The fraction of sp³-hybridized carbons (Fsp3) is 0.750. The molecule has 1 heterocycles. The van der Waals surface area contributed by atoms with E-state index in [0.717, 1.165) is 12.8 Å². The average molecular weight is 269 g/mol. The van der Waals surface area contributed by atoms with Crippen LogP contribution in [0.5, 0.6) is 0 Å². The van der Waals surface area contributed by atoms with Gasteiger partial charge in [0.1, 0.15) is 0 Å². The largest absolute Gasteiger partial charge is 0.395 e. The Bertz CT molecular complexity index is 389. The van der Waals surface area contributed by atoms with Crippen LogP contribution < -0.4 is 5.73 Å². The number of rotatable bonds is 8. The van der Waals surface area contributed by atoms with Crippen LogP contribution in [0.15, 0.2) is 6.20 Å². The number of hydrogen-bond acceptors (Lipinski definition) is 5. The van der Waals surface area contributed by atoms with Crippen LogP contribution in [0.4, 0.5) is 0 Å². The minimum Gasteiger partial charge on any atom is -0.395 e. The van der Waals surface area contributed by atoms with Crippen molar-refractivity contribution in [2.24, 2.45) is 5.73 Å². The minimum absolute atomic E-state index is 0.0564. The number of nitrogens with two attached hydrogens (primary N) is 1. The molecule has 0 atom stereocenters. The molecule has 0 saturated carbocycles. The van der Waals surface area contributed by atoms with Crippen LogP contribution in [0.2, 0.25) is 0 Å². The van der Waals surface area contributed by atoms with E-state index in [1.807, 2.05) is 13.8 Å². The average Bonchev–Trinajstić information content (AvgIpc) is 2.87. The highest BCUT2D eigenvalue weighted by molar-refractivity contribution is 5.92. The lowest BCUT2D eigenvalue weighted by molar-refractivity contribution is 0.0616. The lowest BCUT2D eigenvalue weighted by Gasteiger charge is -2.29. The zero-order chi connectivity index (χ0) is 14.3. The van der Waals surface area contributed by atoms with Crippen LogP contribution in [0.25, 0.3) is 0 Å². The highest BCUT2D eigenvalue weighted by Gasteiger charge is 2.24. The smallest absolute Gasteiger partial charge is 0.276 e. The lowest BCUT2D eigenvalue weighted by Crippen LogP contribution is -2.41. The summed E-state index contributed by atoms with van der Waals surface area (Å²) in [6, 6.07) is 0.110. The van der Waals surface area contributed by atoms with Crippen molar-refractivity contribution in [2.75, 3.05) is 19.7 Å². The predicted octanol–water partition coefficient (Wildman–Crippen LogP) is -0.140. The van der Waals surface area contributed by atoms with E-state index in [1.54, 1.807) is 15.8 Å². The molecule has 108 valence electrons. The molecule has 0 aromatic carbocycles. The molecule has 0 saturated heterocycles. The summed E-state index contributed by atoms with van der Waals surface area (Å²) in [5.41, 5.74) is 5.73. The standard InChI is InChI=1S/C12H23N5O2/c1-3-10(4-2)17(7-8-18)12(19)11-9-16(6-5-13)15-14-11/h9-10,18H,3-8,13H2,1-2H3. The van der Waals surface area contributed by atoms with Crippen molar-refractivity contribution in [3.05, 3.63) is 11.9 Å². The van der Waals surface area contributed by atoms with E-state index in [-0.39, 0.29) is 18.6 Å². The first-order valence-corrected chi connectivity index (χ1v) is 6.69. The summed E-state index contributed by atoms with van der Waals surface area (Å²) in [6.45, 7) is 5.29. The van der Waals surface area contributed by atoms with Crippen molar-refractivity contribution in [2.45, 2.75) is 39.3 Å². The number of carbonyl (C=O) groups excluding carboxylic acids is 1. The van der Waals surface area contributed by atoms with Gasteiger partial charge in [-0.25, -0.2) is 0 Å². The Labute approximate surface area is 113 Å². The van der Waals surface area contributed by atoms with Crippen LogP contribution in [0.3, 0.4) is 0 Å². The number of aliphatic hydroxyl groups is 1. The quantitative estimate of drug-likeness (QED) is 0.684. The lowest BCUT2D eigenvalue weighted by atomic mass is 10.1. The van der Waals surface area contributed by atoms with E-state index in [1.165, 1.54) is 0 Å². The topological polar surface area (TPSA) is 97.3 Å². The van der Waals surface area contributed by atoms with Gasteiger partial charge >= 0.3 is 0 Å². The van der Waals surface area contributed by atoms with E-state index < -0.39 is 0 Å². The fourth-order valence-electron chi connectivity index (χ4n) is 2.07. The fourth-order valence-corrected chi connectivity index (χ4v) is 2.07. The molecule has 7 nitrogen and oxygen atoms in total. The van der Waals surface area contributed by atoms with Crippen molar-refractivity contribution < 1.29 is 9.90 Å². The Kier molecular flexibility index (Phi) is 6.44. The number of carbonyl (C=O) groups is 1. The maximum Gasteiger partial charge on any atom is 0.276 e. The maximum atomic E-state index is 12.4. The third kappa shape index (κ3) is 4.00. The third-order valence-corrected chi connectivity index (χ3v) is 3.10. The third-order valence-electron chi connectivity index (χ3n) is 3.10. The van der Waals surface area contributed by atoms with E-state index >= 15 is 0 Å². The first-order chi connectivity index (χ1) is 9.17. The summed E-state index contributed by atoms with van der Waals surface area (Å²) in [6.07, 6.45) is 3.29. The van der Waals surface area contributed by atoms with Crippen molar-refractivity contribution >= 4 is 5.91 Å². The number of aliphatic hydroxyl groups excluding tert-OH is 1. The molecule has 0 aliphatic heterocycles. The molecule has 0 aliphatic rings. The van der Waals surface area contributed by atoms with Gasteiger partial charge in [0.2, 0.25) is 0 Å². The van der Waals surface area contributed by atoms with Gasteiger partial charge in [-0.05, 0) is 12.8 Å². The molecule has 0 bridgehead atoms. The van der Waals surface area contributed by atoms with E-state index in [2.05, 4.69) is 10.3 Å². The molecule has 7 heteroatoms. The summed E-state index contributed by atoms with van der Waals surface area (Å²) in [7, 11) is 0. The SMILES string of the molecule is CCC(CC)N(CCO)C(=O)c1cn(CCN)nn1. The van der Waals surface area contributed by atoms with Crippen molar-refractivity contribution in [3.8, 4) is 0 Å². The zero-order valence-electron chi connectivity index (χ0n) is 11.6. The van der Waals surface area contributed by atoms with Gasteiger partial charge < -0.3 is 15.7 Å². The number of amides is 1. The number of hydrogen-bond donors (Lipinski definition) is 2. The van der Waals surface area contributed by atoms with E-state index in [0.29, 0.717) is 25.3 Å². The highest BCUT2D eigenvalue weighted by atomic mass is 16.3. The Morgan fingerprint density at radius 1 is 1.53 bits per heavy atom. The van der Waals surface area contributed by atoms with E-state index in [4.69, 9.17) is 10.8 Å². The molecule has 19 heavy (non-hydrogen) atoms.